The fraction of sp³-hybridized carbons (Fsp3) is 0.412. The number of carbonyl (C=O) groups excluding carboxylic acids is 1. The maximum Gasteiger partial charge on any atom is 0.240 e. The summed E-state index contributed by atoms with van der Waals surface area (Å²) in [6.45, 7) is 3.74. The van der Waals surface area contributed by atoms with E-state index in [4.69, 9.17) is 0 Å². The summed E-state index contributed by atoms with van der Waals surface area (Å²) < 4.78 is 0. The first-order chi connectivity index (χ1) is 11.1. The summed E-state index contributed by atoms with van der Waals surface area (Å²) in [6.07, 6.45) is 0.574. The Hall–Kier alpha value is -1.76. The zero-order valence-electron chi connectivity index (χ0n) is 13.1. The molecule has 1 aliphatic rings. The second-order valence-corrected chi connectivity index (χ2v) is 6.88. The smallest absolute Gasteiger partial charge is 0.240 e. The lowest BCUT2D eigenvalue weighted by Crippen LogP contribution is -2.45. The van der Waals surface area contributed by atoms with Crippen molar-refractivity contribution in [3.8, 4) is 11.3 Å². The predicted molar refractivity (Wildman–Crippen MR) is 92.4 cm³/mol. The number of likely N-dealkylation sites (tertiary alicyclic amines) is 1. The molecule has 1 saturated heterocycles. The van der Waals surface area contributed by atoms with Gasteiger partial charge in [0, 0.05) is 17.5 Å². The van der Waals surface area contributed by atoms with Crippen LogP contribution >= 0.6 is 11.3 Å². The van der Waals surface area contributed by atoms with Gasteiger partial charge in [-0.15, -0.1) is 11.3 Å². The molecule has 2 atom stereocenters. The molecule has 2 heterocycles. The summed E-state index contributed by atoms with van der Waals surface area (Å²) in [5, 5.41) is 15.3. The second-order valence-electron chi connectivity index (χ2n) is 6.02. The molecule has 0 saturated carbocycles. The van der Waals surface area contributed by atoms with E-state index in [1.54, 1.807) is 0 Å². The number of nitrogens with zero attached hydrogens (tertiary/aromatic N) is 2. The average Bonchev–Trinajstić information content (AvgIpc) is 3.00. The van der Waals surface area contributed by atoms with Crippen molar-refractivity contribution in [3.63, 3.8) is 0 Å². The average molecular weight is 331 g/mol. The maximum atomic E-state index is 12.1. The van der Waals surface area contributed by atoms with E-state index < -0.39 is 0 Å². The van der Waals surface area contributed by atoms with E-state index in [1.807, 2.05) is 47.5 Å². The fourth-order valence-corrected chi connectivity index (χ4v) is 3.43. The van der Waals surface area contributed by atoms with Gasteiger partial charge in [0.05, 0.1) is 18.3 Å². The molecule has 1 fully saturated rings. The Bertz CT molecular complexity index is 659. The van der Waals surface area contributed by atoms with Gasteiger partial charge in [0.25, 0.3) is 0 Å². The summed E-state index contributed by atoms with van der Waals surface area (Å²) in [4.78, 5) is 18.6. The van der Waals surface area contributed by atoms with Crippen molar-refractivity contribution < 1.29 is 9.90 Å². The minimum Gasteiger partial charge on any atom is -0.392 e. The first kappa shape index (κ1) is 16.1. The van der Waals surface area contributed by atoms with Gasteiger partial charge in [0.15, 0.2) is 5.13 Å². The molecule has 0 aliphatic carbocycles. The van der Waals surface area contributed by atoms with E-state index >= 15 is 0 Å². The van der Waals surface area contributed by atoms with Crippen LogP contribution in [0.3, 0.4) is 0 Å². The predicted octanol–water partition coefficient (Wildman–Crippen LogP) is 2.45. The van der Waals surface area contributed by atoms with E-state index in [0.29, 0.717) is 24.1 Å². The number of β-amino-alcohol motifs (C(OH)–C–C–N with tert-alkyl or cyclic N) is 1. The highest BCUT2D eigenvalue weighted by molar-refractivity contribution is 7.14. The molecular formula is C17H21N3O2S. The van der Waals surface area contributed by atoms with Gasteiger partial charge < -0.3 is 10.4 Å². The number of piperidine rings is 1. The van der Waals surface area contributed by atoms with E-state index in [0.717, 1.165) is 24.2 Å². The van der Waals surface area contributed by atoms with Crippen molar-refractivity contribution in [3.05, 3.63) is 35.7 Å². The first-order valence-electron chi connectivity index (χ1n) is 7.83. The maximum absolute atomic E-state index is 12.1. The number of anilines is 1. The third-order valence-corrected chi connectivity index (χ3v) is 4.95. The molecule has 2 N–H and O–H groups in total. The summed E-state index contributed by atoms with van der Waals surface area (Å²) in [5.41, 5.74) is 1.91. The topological polar surface area (TPSA) is 65.5 Å². The standard InChI is InChI=1S/C17H21N3O2S/c1-12-7-8-20(9-15(12)21)10-16(22)19-17-18-14(11-23-17)13-5-3-2-4-6-13/h2-6,11-12,15,21H,7-10H2,1H3,(H,18,19,22). The highest BCUT2D eigenvalue weighted by atomic mass is 32.1. The molecule has 2 aromatic rings. The largest absolute Gasteiger partial charge is 0.392 e. The molecule has 6 heteroatoms. The minimum atomic E-state index is -0.346. The molecule has 0 bridgehead atoms. The number of hydrogen-bond donors (Lipinski definition) is 2. The van der Waals surface area contributed by atoms with Crippen LogP contribution in [0.15, 0.2) is 35.7 Å². The molecule has 122 valence electrons. The Morgan fingerprint density at radius 3 is 2.96 bits per heavy atom. The highest BCUT2D eigenvalue weighted by Gasteiger charge is 2.25. The zero-order valence-corrected chi connectivity index (χ0v) is 13.9. The summed E-state index contributed by atoms with van der Waals surface area (Å²) in [6, 6.07) is 9.89. The van der Waals surface area contributed by atoms with Gasteiger partial charge in [-0.3, -0.25) is 9.69 Å². The van der Waals surface area contributed by atoms with E-state index in [-0.39, 0.29) is 12.0 Å². The number of benzene rings is 1. The number of nitrogens with one attached hydrogen (secondary N) is 1. The molecule has 1 aromatic heterocycles. The van der Waals surface area contributed by atoms with E-state index in [1.165, 1.54) is 11.3 Å². The molecule has 1 aromatic carbocycles. The van der Waals surface area contributed by atoms with Gasteiger partial charge in [0.1, 0.15) is 0 Å². The van der Waals surface area contributed by atoms with Gasteiger partial charge in [-0.25, -0.2) is 4.98 Å². The second kappa shape index (κ2) is 7.21. The van der Waals surface area contributed by atoms with Gasteiger partial charge in [-0.2, -0.15) is 0 Å². The lowest BCUT2D eigenvalue weighted by molar-refractivity contribution is -0.118. The van der Waals surface area contributed by atoms with Crippen molar-refractivity contribution >= 4 is 22.4 Å². The molecule has 2 unspecified atom stereocenters. The number of aromatic nitrogens is 1. The van der Waals surface area contributed by atoms with Crippen LogP contribution in [-0.4, -0.2) is 46.6 Å². The van der Waals surface area contributed by atoms with Crippen molar-refractivity contribution in [1.82, 2.24) is 9.88 Å². The van der Waals surface area contributed by atoms with Gasteiger partial charge in [0.2, 0.25) is 5.91 Å². The molecule has 5 nitrogen and oxygen atoms in total. The Labute approximate surface area is 140 Å². The monoisotopic (exact) mass is 331 g/mol. The van der Waals surface area contributed by atoms with Gasteiger partial charge >= 0.3 is 0 Å². The zero-order chi connectivity index (χ0) is 16.2. The molecule has 3 rings (SSSR count). The fourth-order valence-electron chi connectivity index (χ4n) is 2.69. The summed E-state index contributed by atoms with van der Waals surface area (Å²) in [5.74, 6) is 0.224. The van der Waals surface area contributed by atoms with Crippen LogP contribution in [0.5, 0.6) is 0 Å². The van der Waals surface area contributed by atoms with Crippen LogP contribution < -0.4 is 5.32 Å². The number of thiazole rings is 1. The SMILES string of the molecule is CC1CCN(CC(=O)Nc2nc(-c3ccccc3)cs2)CC1O. The molecular weight excluding hydrogens is 310 g/mol. The molecule has 1 amide bonds. The number of aliphatic hydroxyl groups excluding tert-OH is 1. The quantitative estimate of drug-likeness (QED) is 0.903. The van der Waals surface area contributed by atoms with Crippen LogP contribution in [0.4, 0.5) is 5.13 Å². The molecule has 23 heavy (non-hydrogen) atoms. The minimum absolute atomic E-state index is 0.0827. The highest BCUT2D eigenvalue weighted by Crippen LogP contribution is 2.24. The molecule has 0 radical (unpaired) electrons. The van der Waals surface area contributed by atoms with Crippen molar-refractivity contribution in [2.45, 2.75) is 19.4 Å². The Morgan fingerprint density at radius 2 is 2.22 bits per heavy atom. The lowest BCUT2D eigenvalue weighted by atomic mass is 9.96. The van der Waals surface area contributed by atoms with Crippen molar-refractivity contribution in [2.24, 2.45) is 5.92 Å². The molecule has 0 spiro atoms. The number of amides is 1. The first-order valence-corrected chi connectivity index (χ1v) is 8.71. The van der Waals surface area contributed by atoms with E-state index in [2.05, 4.69) is 10.3 Å². The van der Waals surface area contributed by atoms with Crippen LogP contribution in [0, 0.1) is 5.92 Å². The van der Waals surface area contributed by atoms with Crippen LogP contribution in [0.25, 0.3) is 11.3 Å². The van der Waals surface area contributed by atoms with Crippen LogP contribution in [0.2, 0.25) is 0 Å². The Morgan fingerprint density at radius 1 is 1.43 bits per heavy atom. The molecule has 1 aliphatic heterocycles. The third-order valence-electron chi connectivity index (χ3n) is 4.19. The van der Waals surface area contributed by atoms with E-state index in [9.17, 15) is 9.90 Å². The number of carbonyl (C=O) groups is 1. The number of rotatable bonds is 4. The third kappa shape index (κ3) is 4.16. The number of hydrogen-bond acceptors (Lipinski definition) is 5. The van der Waals surface area contributed by atoms with Crippen LogP contribution in [-0.2, 0) is 4.79 Å². The Balaban J connectivity index is 1.55. The summed E-state index contributed by atoms with van der Waals surface area (Å²) in [7, 11) is 0. The lowest BCUT2D eigenvalue weighted by Gasteiger charge is -2.33. The van der Waals surface area contributed by atoms with Gasteiger partial charge in [-0.05, 0) is 18.9 Å². The Kier molecular flexibility index (Phi) is 5.05. The van der Waals surface area contributed by atoms with Crippen LogP contribution in [0.1, 0.15) is 13.3 Å². The van der Waals surface area contributed by atoms with Gasteiger partial charge in [-0.1, -0.05) is 37.3 Å². The van der Waals surface area contributed by atoms with Crippen molar-refractivity contribution in [2.75, 3.05) is 25.0 Å². The van der Waals surface area contributed by atoms with Crippen molar-refractivity contribution in [1.29, 1.82) is 0 Å². The summed E-state index contributed by atoms with van der Waals surface area (Å²) >= 11 is 1.42. The number of aliphatic hydroxyl groups is 1. The normalized spacial score (nSPS) is 22.0.